The second kappa shape index (κ2) is 5.93. The fourth-order valence-corrected chi connectivity index (χ4v) is 3.15. The van der Waals surface area contributed by atoms with Gasteiger partial charge in [0.1, 0.15) is 11.0 Å². The molecule has 0 aliphatic heterocycles. The van der Waals surface area contributed by atoms with Gasteiger partial charge in [-0.3, -0.25) is 0 Å². The summed E-state index contributed by atoms with van der Waals surface area (Å²) in [4.78, 5) is 9.06. The second-order valence-electron chi connectivity index (χ2n) is 5.07. The van der Waals surface area contributed by atoms with Crippen molar-refractivity contribution in [3.8, 4) is 28.6 Å². The molecule has 0 N–H and O–H groups in total. The van der Waals surface area contributed by atoms with Crippen LogP contribution in [0.1, 0.15) is 0 Å². The highest BCUT2D eigenvalue weighted by molar-refractivity contribution is 7.08. The van der Waals surface area contributed by atoms with E-state index < -0.39 is 0 Å². The van der Waals surface area contributed by atoms with Crippen LogP contribution in [-0.4, -0.2) is 34.0 Å². The van der Waals surface area contributed by atoms with Crippen molar-refractivity contribution in [3.05, 3.63) is 47.4 Å². The van der Waals surface area contributed by atoms with Crippen molar-refractivity contribution in [1.82, 2.24) is 19.7 Å². The van der Waals surface area contributed by atoms with E-state index in [-0.39, 0.29) is 0 Å². The topological polar surface area (TPSA) is 62.1 Å². The van der Waals surface area contributed by atoms with Crippen molar-refractivity contribution in [3.63, 3.8) is 0 Å². The van der Waals surface area contributed by atoms with Crippen molar-refractivity contribution in [2.24, 2.45) is 0 Å². The summed E-state index contributed by atoms with van der Waals surface area (Å²) < 4.78 is 12.4. The predicted molar refractivity (Wildman–Crippen MR) is 93.1 cm³/mol. The Hall–Kier alpha value is -2.93. The Morgan fingerprint density at radius 2 is 1.92 bits per heavy atom. The molecule has 0 atom stereocenters. The zero-order chi connectivity index (χ0) is 16.5. The first-order chi connectivity index (χ1) is 11.8. The molecule has 7 heteroatoms. The molecule has 120 valence electrons. The Kier molecular flexibility index (Phi) is 3.62. The van der Waals surface area contributed by atoms with Crippen LogP contribution >= 0.6 is 11.3 Å². The van der Waals surface area contributed by atoms with Crippen LogP contribution in [-0.2, 0) is 0 Å². The summed E-state index contributed by atoms with van der Waals surface area (Å²) in [5.41, 5.74) is 3.50. The van der Waals surface area contributed by atoms with Gasteiger partial charge >= 0.3 is 0 Å². The molecule has 4 rings (SSSR count). The molecule has 0 saturated heterocycles. The van der Waals surface area contributed by atoms with Crippen LogP contribution < -0.4 is 9.47 Å². The molecule has 0 amide bonds. The molecule has 24 heavy (non-hydrogen) atoms. The number of thiophene rings is 1. The van der Waals surface area contributed by atoms with E-state index >= 15 is 0 Å². The van der Waals surface area contributed by atoms with E-state index in [2.05, 4.69) is 15.1 Å². The summed E-state index contributed by atoms with van der Waals surface area (Å²) >= 11 is 1.62. The number of ether oxygens (including phenoxy) is 2. The van der Waals surface area contributed by atoms with E-state index in [1.54, 1.807) is 42.6 Å². The maximum atomic E-state index is 5.36. The average molecular weight is 338 g/mol. The Bertz CT molecular complexity index is 995. The number of nitrogens with zero attached hydrogens (tertiary/aromatic N) is 4. The highest BCUT2D eigenvalue weighted by Gasteiger charge is 2.12. The lowest BCUT2D eigenvalue weighted by molar-refractivity contribution is 0.355. The van der Waals surface area contributed by atoms with E-state index in [1.807, 2.05) is 35.0 Å². The Morgan fingerprint density at radius 1 is 1.04 bits per heavy atom. The molecular weight excluding hydrogens is 324 g/mol. The first kappa shape index (κ1) is 14.6. The lowest BCUT2D eigenvalue weighted by Gasteiger charge is -2.10. The van der Waals surface area contributed by atoms with Crippen molar-refractivity contribution < 1.29 is 9.47 Å². The molecule has 6 nitrogen and oxygen atoms in total. The quantitative estimate of drug-likeness (QED) is 0.569. The fourth-order valence-electron chi connectivity index (χ4n) is 2.51. The van der Waals surface area contributed by atoms with E-state index in [0.29, 0.717) is 17.3 Å². The molecule has 0 fully saturated rings. The van der Waals surface area contributed by atoms with E-state index in [9.17, 15) is 0 Å². The van der Waals surface area contributed by atoms with Gasteiger partial charge in [-0.2, -0.15) is 16.4 Å². The summed E-state index contributed by atoms with van der Waals surface area (Å²) in [6.07, 6.45) is 3.53. The Labute approximate surface area is 142 Å². The molecule has 3 heterocycles. The number of rotatable bonds is 4. The number of methoxy groups -OCH3 is 2. The van der Waals surface area contributed by atoms with Gasteiger partial charge in [0, 0.05) is 17.0 Å². The molecule has 0 aliphatic carbocycles. The van der Waals surface area contributed by atoms with Crippen LogP contribution in [0.4, 0.5) is 0 Å². The van der Waals surface area contributed by atoms with Crippen LogP contribution in [0.2, 0.25) is 0 Å². The lowest BCUT2D eigenvalue weighted by atomic mass is 10.2. The van der Waals surface area contributed by atoms with E-state index in [0.717, 1.165) is 22.3 Å². The number of hydrogen-bond donors (Lipinski definition) is 0. The minimum Gasteiger partial charge on any atom is -0.493 e. The van der Waals surface area contributed by atoms with E-state index in [1.165, 1.54) is 0 Å². The van der Waals surface area contributed by atoms with Crippen LogP contribution in [0.15, 0.2) is 47.4 Å². The van der Waals surface area contributed by atoms with Gasteiger partial charge in [0.05, 0.1) is 32.3 Å². The third-order valence-corrected chi connectivity index (χ3v) is 4.40. The maximum Gasteiger partial charge on any atom is 0.162 e. The monoisotopic (exact) mass is 338 g/mol. The number of benzene rings is 1. The SMILES string of the molecule is COc1ccc(-n2ncc3nc(-c4ccsc4)ncc32)cc1OC. The molecule has 1 aromatic carbocycles. The van der Waals surface area contributed by atoms with Gasteiger partial charge in [0.25, 0.3) is 0 Å². The van der Waals surface area contributed by atoms with Crippen molar-refractivity contribution >= 4 is 22.4 Å². The van der Waals surface area contributed by atoms with Crippen LogP contribution in [0.25, 0.3) is 28.1 Å². The summed E-state index contributed by atoms with van der Waals surface area (Å²) in [5, 5.41) is 8.48. The average Bonchev–Trinajstić information content (AvgIpc) is 3.30. The fraction of sp³-hybridized carbons (Fsp3) is 0.118. The van der Waals surface area contributed by atoms with E-state index in [4.69, 9.17) is 9.47 Å². The van der Waals surface area contributed by atoms with Crippen molar-refractivity contribution in [2.45, 2.75) is 0 Å². The van der Waals surface area contributed by atoms with Gasteiger partial charge in [0.2, 0.25) is 0 Å². The van der Waals surface area contributed by atoms with Gasteiger partial charge in [-0.25, -0.2) is 14.6 Å². The van der Waals surface area contributed by atoms with Crippen molar-refractivity contribution in [2.75, 3.05) is 14.2 Å². The van der Waals surface area contributed by atoms with Gasteiger partial charge in [-0.1, -0.05) is 0 Å². The van der Waals surface area contributed by atoms with Gasteiger partial charge in [-0.15, -0.1) is 0 Å². The lowest BCUT2D eigenvalue weighted by Crippen LogP contribution is -1.99. The molecule has 0 radical (unpaired) electrons. The molecule has 0 spiro atoms. The first-order valence-electron chi connectivity index (χ1n) is 7.26. The highest BCUT2D eigenvalue weighted by atomic mass is 32.1. The number of fused-ring (bicyclic) bond motifs is 1. The Balaban J connectivity index is 1.80. The molecular formula is C17H14N4O2S. The molecule has 0 bridgehead atoms. The molecule has 4 aromatic rings. The summed E-state index contributed by atoms with van der Waals surface area (Å²) in [7, 11) is 3.22. The van der Waals surface area contributed by atoms with Crippen molar-refractivity contribution in [1.29, 1.82) is 0 Å². The summed E-state index contributed by atoms with van der Waals surface area (Å²) in [6, 6.07) is 7.64. The zero-order valence-corrected chi connectivity index (χ0v) is 13.9. The van der Waals surface area contributed by atoms with Crippen LogP contribution in [0.3, 0.4) is 0 Å². The minimum absolute atomic E-state index is 0.648. The van der Waals surface area contributed by atoms with Gasteiger partial charge < -0.3 is 9.47 Å². The van der Waals surface area contributed by atoms with Crippen LogP contribution in [0.5, 0.6) is 11.5 Å². The minimum atomic E-state index is 0.648. The second-order valence-corrected chi connectivity index (χ2v) is 5.85. The smallest absolute Gasteiger partial charge is 0.162 e. The van der Waals surface area contributed by atoms with Gasteiger partial charge in [-0.05, 0) is 23.6 Å². The number of aromatic nitrogens is 4. The zero-order valence-electron chi connectivity index (χ0n) is 13.1. The third kappa shape index (κ3) is 2.39. The molecule has 3 aromatic heterocycles. The molecule has 0 aliphatic rings. The summed E-state index contributed by atoms with van der Waals surface area (Å²) in [5.74, 6) is 2.03. The Morgan fingerprint density at radius 3 is 2.67 bits per heavy atom. The van der Waals surface area contributed by atoms with Gasteiger partial charge in [0.15, 0.2) is 17.3 Å². The maximum absolute atomic E-state index is 5.36. The summed E-state index contributed by atoms with van der Waals surface area (Å²) in [6.45, 7) is 0. The first-order valence-corrected chi connectivity index (χ1v) is 8.20. The third-order valence-electron chi connectivity index (χ3n) is 3.71. The largest absolute Gasteiger partial charge is 0.493 e. The molecule has 0 unspecified atom stereocenters. The highest BCUT2D eigenvalue weighted by Crippen LogP contribution is 2.30. The number of hydrogen-bond acceptors (Lipinski definition) is 6. The molecule has 0 saturated carbocycles. The van der Waals surface area contributed by atoms with Crippen LogP contribution in [0, 0.1) is 0 Å². The standard InChI is InChI=1S/C17H14N4O2S/c1-22-15-4-3-12(7-16(15)23-2)21-14-9-18-17(11-5-6-24-10-11)20-13(14)8-19-21/h3-10H,1-2H3. The predicted octanol–water partition coefficient (Wildman–Crippen LogP) is 3.56. The normalized spacial score (nSPS) is 10.9.